The summed E-state index contributed by atoms with van der Waals surface area (Å²) in [5, 5.41) is 2.62. The van der Waals surface area contributed by atoms with Gasteiger partial charge in [0.15, 0.2) is 0 Å². The number of carbonyl (C=O) groups is 1. The van der Waals surface area contributed by atoms with E-state index in [1.165, 1.54) is 6.08 Å². The van der Waals surface area contributed by atoms with Crippen LogP contribution in [0.25, 0.3) is 0 Å². The van der Waals surface area contributed by atoms with Crippen molar-refractivity contribution in [2.24, 2.45) is 5.73 Å². The van der Waals surface area contributed by atoms with Crippen molar-refractivity contribution in [2.75, 3.05) is 13.1 Å². The maximum atomic E-state index is 10.3. The quantitative estimate of drug-likeness (QED) is 0.623. The molecule has 3 N–H and O–H groups in total. The third kappa shape index (κ3) is 16.1. The maximum absolute atomic E-state index is 10.3. The fourth-order valence-electron chi connectivity index (χ4n) is 0.320. The Morgan fingerprint density at radius 1 is 1.50 bits per heavy atom. The molecule has 12 heavy (non-hydrogen) atoms. The van der Waals surface area contributed by atoms with Crippen molar-refractivity contribution in [3.05, 3.63) is 12.7 Å². The van der Waals surface area contributed by atoms with Gasteiger partial charge in [-0.3, -0.25) is 4.79 Å². The standard InChI is InChI=1S/C6H11NO.C3H9N/c1-3-5-7-6(8)4-2;1-2-3-4/h4H,2-3,5H2,1H3,(H,7,8);2-4H2,1H3. The lowest BCUT2D eigenvalue weighted by Gasteiger charge is -1.94. The van der Waals surface area contributed by atoms with Crippen LogP contribution in [0, 0.1) is 0 Å². The number of hydrogen-bond acceptors (Lipinski definition) is 2. The van der Waals surface area contributed by atoms with E-state index in [1.807, 2.05) is 6.92 Å². The molecule has 1 amide bonds. The Balaban J connectivity index is 0. The first kappa shape index (κ1) is 13.7. The number of nitrogens with one attached hydrogen (secondary N) is 1. The second kappa shape index (κ2) is 12.8. The van der Waals surface area contributed by atoms with E-state index in [9.17, 15) is 4.79 Å². The Morgan fingerprint density at radius 2 is 2.00 bits per heavy atom. The first-order valence-corrected chi connectivity index (χ1v) is 4.33. The molecule has 0 saturated carbocycles. The van der Waals surface area contributed by atoms with Crippen LogP contribution < -0.4 is 11.1 Å². The summed E-state index contributed by atoms with van der Waals surface area (Å²) in [5.41, 5.74) is 5.03. The second-order valence-electron chi connectivity index (χ2n) is 2.28. The molecule has 0 aliphatic heterocycles. The molecule has 0 spiro atoms. The maximum Gasteiger partial charge on any atom is 0.243 e. The van der Waals surface area contributed by atoms with E-state index in [-0.39, 0.29) is 5.91 Å². The average Bonchev–Trinajstić information content (AvgIpc) is 2.14. The van der Waals surface area contributed by atoms with Crippen molar-refractivity contribution in [1.82, 2.24) is 5.32 Å². The minimum absolute atomic E-state index is 0.0909. The van der Waals surface area contributed by atoms with Crippen LogP contribution in [0.4, 0.5) is 0 Å². The molecule has 0 saturated heterocycles. The number of amides is 1. The van der Waals surface area contributed by atoms with Crippen LogP contribution >= 0.6 is 0 Å². The molecule has 0 radical (unpaired) electrons. The third-order valence-corrected chi connectivity index (χ3v) is 1.02. The zero-order valence-electron chi connectivity index (χ0n) is 8.10. The lowest BCUT2D eigenvalue weighted by Crippen LogP contribution is -2.20. The number of hydrogen-bond donors (Lipinski definition) is 2. The summed E-state index contributed by atoms with van der Waals surface area (Å²) in [5.74, 6) is -0.0909. The zero-order chi connectivity index (χ0) is 9.82. The van der Waals surface area contributed by atoms with E-state index in [4.69, 9.17) is 5.73 Å². The Labute approximate surface area is 75.0 Å². The summed E-state index contributed by atoms with van der Waals surface area (Å²) in [4.78, 5) is 10.3. The zero-order valence-corrected chi connectivity index (χ0v) is 8.10. The van der Waals surface area contributed by atoms with Gasteiger partial charge in [0.1, 0.15) is 0 Å². The molecule has 0 fully saturated rings. The lowest BCUT2D eigenvalue weighted by atomic mass is 10.4. The van der Waals surface area contributed by atoms with Crippen molar-refractivity contribution in [2.45, 2.75) is 26.7 Å². The highest BCUT2D eigenvalue weighted by molar-refractivity contribution is 5.86. The molecule has 0 aromatic rings. The lowest BCUT2D eigenvalue weighted by molar-refractivity contribution is -0.116. The molecule has 0 aromatic heterocycles. The summed E-state index contributed by atoms with van der Waals surface area (Å²) in [6, 6.07) is 0. The SMILES string of the molecule is C=CC(=O)NCCC.CCCN. The number of rotatable bonds is 4. The molecule has 0 unspecified atom stereocenters. The van der Waals surface area contributed by atoms with Crippen molar-refractivity contribution in [1.29, 1.82) is 0 Å². The number of nitrogens with two attached hydrogens (primary N) is 1. The Kier molecular flexibility index (Phi) is 14.7. The van der Waals surface area contributed by atoms with E-state index >= 15 is 0 Å². The second-order valence-corrected chi connectivity index (χ2v) is 2.28. The predicted molar refractivity (Wildman–Crippen MR) is 52.8 cm³/mol. The van der Waals surface area contributed by atoms with Gasteiger partial charge in [-0.05, 0) is 25.5 Å². The van der Waals surface area contributed by atoms with Crippen LogP contribution in [-0.4, -0.2) is 19.0 Å². The molecule has 0 rings (SSSR count). The van der Waals surface area contributed by atoms with Crippen molar-refractivity contribution < 1.29 is 4.79 Å². The minimum atomic E-state index is -0.0909. The first-order chi connectivity index (χ1) is 5.72. The molecule has 0 bridgehead atoms. The van der Waals surface area contributed by atoms with Crippen LogP contribution in [0.15, 0.2) is 12.7 Å². The van der Waals surface area contributed by atoms with E-state index < -0.39 is 0 Å². The molecule has 72 valence electrons. The minimum Gasteiger partial charge on any atom is -0.353 e. The first-order valence-electron chi connectivity index (χ1n) is 4.33. The Morgan fingerprint density at radius 3 is 2.25 bits per heavy atom. The third-order valence-electron chi connectivity index (χ3n) is 1.02. The van der Waals surface area contributed by atoms with Gasteiger partial charge in [-0.15, -0.1) is 0 Å². The van der Waals surface area contributed by atoms with Gasteiger partial charge in [0.05, 0.1) is 0 Å². The van der Waals surface area contributed by atoms with Gasteiger partial charge in [-0.25, -0.2) is 0 Å². The van der Waals surface area contributed by atoms with E-state index in [2.05, 4.69) is 18.8 Å². The smallest absolute Gasteiger partial charge is 0.243 e. The molecule has 0 aliphatic rings. The van der Waals surface area contributed by atoms with Gasteiger partial charge >= 0.3 is 0 Å². The largest absolute Gasteiger partial charge is 0.353 e. The van der Waals surface area contributed by atoms with Gasteiger partial charge < -0.3 is 11.1 Å². The highest BCUT2D eigenvalue weighted by atomic mass is 16.1. The molecular weight excluding hydrogens is 152 g/mol. The van der Waals surface area contributed by atoms with Gasteiger partial charge in [-0.2, -0.15) is 0 Å². The molecule has 0 heterocycles. The van der Waals surface area contributed by atoms with Gasteiger partial charge in [-0.1, -0.05) is 20.4 Å². The predicted octanol–water partition coefficient (Wildman–Crippen LogP) is 1.05. The monoisotopic (exact) mass is 172 g/mol. The summed E-state index contributed by atoms with van der Waals surface area (Å²) >= 11 is 0. The molecule has 0 aromatic carbocycles. The van der Waals surface area contributed by atoms with E-state index in [1.54, 1.807) is 0 Å². The molecule has 0 atom stereocenters. The van der Waals surface area contributed by atoms with Crippen LogP contribution in [-0.2, 0) is 4.79 Å². The van der Waals surface area contributed by atoms with Crippen molar-refractivity contribution >= 4 is 5.91 Å². The molecule has 0 aliphatic carbocycles. The van der Waals surface area contributed by atoms with Crippen LogP contribution in [0.1, 0.15) is 26.7 Å². The summed E-state index contributed by atoms with van der Waals surface area (Å²) in [6.07, 6.45) is 3.34. The summed E-state index contributed by atoms with van der Waals surface area (Å²) in [7, 11) is 0. The van der Waals surface area contributed by atoms with Crippen LogP contribution in [0.2, 0.25) is 0 Å². The number of carbonyl (C=O) groups excluding carboxylic acids is 1. The highest BCUT2D eigenvalue weighted by Gasteiger charge is 1.86. The fourth-order valence-corrected chi connectivity index (χ4v) is 0.320. The van der Waals surface area contributed by atoms with Crippen LogP contribution in [0.5, 0.6) is 0 Å². The highest BCUT2D eigenvalue weighted by Crippen LogP contribution is 1.70. The van der Waals surface area contributed by atoms with Crippen molar-refractivity contribution in [3.8, 4) is 0 Å². The summed E-state index contributed by atoms with van der Waals surface area (Å²) in [6.45, 7) is 8.92. The van der Waals surface area contributed by atoms with Crippen LogP contribution in [0.3, 0.4) is 0 Å². The van der Waals surface area contributed by atoms with Crippen molar-refractivity contribution in [3.63, 3.8) is 0 Å². The molecule has 3 nitrogen and oxygen atoms in total. The van der Waals surface area contributed by atoms with Gasteiger partial charge in [0.2, 0.25) is 5.91 Å². The average molecular weight is 172 g/mol. The topological polar surface area (TPSA) is 55.1 Å². The Hall–Kier alpha value is -0.830. The van der Waals surface area contributed by atoms with E-state index in [0.29, 0.717) is 0 Å². The van der Waals surface area contributed by atoms with E-state index in [0.717, 1.165) is 25.9 Å². The summed E-state index contributed by atoms with van der Waals surface area (Å²) < 4.78 is 0. The molecule has 3 heteroatoms. The molecular formula is C9H20N2O. The van der Waals surface area contributed by atoms with Gasteiger partial charge in [0, 0.05) is 6.54 Å². The Bertz CT molecular complexity index is 111. The fraction of sp³-hybridized carbons (Fsp3) is 0.667. The normalized spacial score (nSPS) is 7.92. The van der Waals surface area contributed by atoms with Gasteiger partial charge in [0.25, 0.3) is 0 Å².